The summed E-state index contributed by atoms with van der Waals surface area (Å²) in [5.74, 6) is 0.848. The fourth-order valence-electron chi connectivity index (χ4n) is 4.06. The highest BCUT2D eigenvalue weighted by atomic mass is 15.1. The number of aryl methyl sites for hydroxylation is 1. The van der Waals surface area contributed by atoms with Gasteiger partial charge in [-0.2, -0.15) is 0 Å². The molecule has 0 saturated carbocycles. The molecular weight excluding hydrogens is 242 g/mol. The Morgan fingerprint density at radius 3 is 2.70 bits per heavy atom. The van der Waals surface area contributed by atoms with Gasteiger partial charge in [-0.05, 0) is 81.6 Å². The summed E-state index contributed by atoms with van der Waals surface area (Å²) in [6, 6.07) is 9.15. The van der Waals surface area contributed by atoms with Crippen LogP contribution in [0.5, 0.6) is 0 Å². The molecule has 1 aromatic carbocycles. The van der Waals surface area contributed by atoms with E-state index < -0.39 is 0 Å². The summed E-state index contributed by atoms with van der Waals surface area (Å²) in [5, 5.41) is 0. The van der Waals surface area contributed by atoms with Crippen molar-refractivity contribution >= 4 is 0 Å². The zero-order chi connectivity index (χ0) is 13.6. The summed E-state index contributed by atoms with van der Waals surface area (Å²) in [6.45, 7) is 4.05. The van der Waals surface area contributed by atoms with Crippen LogP contribution in [0.1, 0.15) is 68.4 Å². The van der Waals surface area contributed by atoms with Crippen molar-refractivity contribution in [2.75, 3.05) is 19.6 Å². The highest BCUT2D eigenvalue weighted by Crippen LogP contribution is 2.34. The lowest BCUT2D eigenvalue weighted by Crippen LogP contribution is -2.30. The van der Waals surface area contributed by atoms with Crippen molar-refractivity contribution in [1.29, 1.82) is 0 Å². The van der Waals surface area contributed by atoms with Crippen molar-refractivity contribution in [2.24, 2.45) is 0 Å². The maximum Gasteiger partial charge on any atom is -0.00187 e. The molecule has 1 heterocycles. The van der Waals surface area contributed by atoms with E-state index in [2.05, 4.69) is 29.2 Å². The summed E-state index contributed by atoms with van der Waals surface area (Å²) >= 11 is 0. The van der Waals surface area contributed by atoms with Crippen LogP contribution >= 0.6 is 0 Å². The van der Waals surface area contributed by atoms with Crippen LogP contribution in [0.4, 0.5) is 0 Å². The van der Waals surface area contributed by atoms with Gasteiger partial charge in [-0.25, -0.2) is 0 Å². The highest BCUT2D eigenvalue weighted by molar-refractivity contribution is 5.32. The van der Waals surface area contributed by atoms with Crippen molar-refractivity contribution in [1.82, 2.24) is 4.90 Å². The number of hydrogen-bond donors (Lipinski definition) is 0. The molecule has 0 unspecified atom stereocenters. The van der Waals surface area contributed by atoms with Gasteiger partial charge in [-0.3, -0.25) is 0 Å². The number of likely N-dealkylation sites (tertiary alicyclic amines) is 1. The van der Waals surface area contributed by atoms with E-state index in [0.29, 0.717) is 0 Å². The molecule has 2 aliphatic rings. The zero-order valence-electron chi connectivity index (χ0n) is 12.8. The van der Waals surface area contributed by atoms with Gasteiger partial charge in [0.25, 0.3) is 0 Å². The Balaban J connectivity index is 1.43. The molecule has 1 atom stereocenters. The number of fused-ring (bicyclic) bond motifs is 1. The lowest BCUT2D eigenvalue weighted by atomic mass is 9.80. The first kappa shape index (κ1) is 14.1. The highest BCUT2D eigenvalue weighted by Gasteiger charge is 2.19. The van der Waals surface area contributed by atoms with E-state index in [4.69, 9.17) is 0 Å². The number of unbranched alkanes of at least 4 members (excludes halogenated alkanes) is 1. The molecule has 0 amide bonds. The average Bonchev–Trinajstić information content (AvgIpc) is 2.53. The van der Waals surface area contributed by atoms with Crippen LogP contribution in [0.25, 0.3) is 0 Å². The standard InChI is InChI=1S/C19H29N/c1-5-14-20(15-6-1)16-7-4-10-18-12-8-11-17-9-2-3-13-19(17)18/h2-3,9,13,18H,1,4-8,10-12,14-16H2/t18-/m0/s1. The summed E-state index contributed by atoms with van der Waals surface area (Å²) in [6.07, 6.45) is 12.6. The largest absolute Gasteiger partial charge is 0.303 e. The molecule has 0 aromatic heterocycles. The predicted molar refractivity (Wildman–Crippen MR) is 86.3 cm³/mol. The van der Waals surface area contributed by atoms with Gasteiger partial charge in [-0.1, -0.05) is 37.1 Å². The number of rotatable bonds is 5. The molecule has 1 aliphatic carbocycles. The third-order valence-corrected chi connectivity index (χ3v) is 5.22. The zero-order valence-corrected chi connectivity index (χ0v) is 12.8. The minimum absolute atomic E-state index is 0.848. The summed E-state index contributed by atoms with van der Waals surface area (Å²) in [4.78, 5) is 2.68. The Kier molecular flexibility index (Phi) is 5.13. The number of benzene rings is 1. The van der Waals surface area contributed by atoms with Crippen molar-refractivity contribution < 1.29 is 0 Å². The van der Waals surface area contributed by atoms with Crippen LogP contribution in [-0.4, -0.2) is 24.5 Å². The van der Waals surface area contributed by atoms with E-state index in [1.165, 1.54) is 77.4 Å². The lowest BCUT2D eigenvalue weighted by molar-refractivity contribution is 0.223. The van der Waals surface area contributed by atoms with Gasteiger partial charge in [0.05, 0.1) is 0 Å². The molecule has 1 aliphatic heterocycles. The first-order valence-corrected chi connectivity index (χ1v) is 8.73. The van der Waals surface area contributed by atoms with Gasteiger partial charge in [0.2, 0.25) is 0 Å². The van der Waals surface area contributed by atoms with Crippen LogP contribution < -0.4 is 0 Å². The third-order valence-electron chi connectivity index (χ3n) is 5.22. The van der Waals surface area contributed by atoms with Crippen molar-refractivity contribution in [3.05, 3.63) is 35.4 Å². The molecule has 3 rings (SSSR count). The molecule has 110 valence electrons. The van der Waals surface area contributed by atoms with Crippen molar-refractivity contribution in [3.8, 4) is 0 Å². The van der Waals surface area contributed by atoms with Gasteiger partial charge in [0, 0.05) is 0 Å². The number of nitrogens with zero attached hydrogens (tertiary/aromatic N) is 1. The molecule has 0 radical (unpaired) electrons. The lowest BCUT2D eigenvalue weighted by Gasteiger charge is -2.28. The molecular formula is C19H29N. The number of piperidine rings is 1. The molecule has 1 heteroatoms. The molecule has 1 saturated heterocycles. The van der Waals surface area contributed by atoms with E-state index in [9.17, 15) is 0 Å². The smallest absolute Gasteiger partial charge is 0.00187 e. The van der Waals surface area contributed by atoms with Crippen LogP contribution in [-0.2, 0) is 6.42 Å². The fraction of sp³-hybridized carbons (Fsp3) is 0.684. The Hall–Kier alpha value is -0.820. The Labute approximate surface area is 124 Å². The minimum atomic E-state index is 0.848. The average molecular weight is 271 g/mol. The van der Waals surface area contributed by atoms with E-state index in [0.717, 1.165) is 5.92 Å². The van der Waals surface area contributed by atoms with Crippen molar-refractivity contribution in [3.63, 3.8) is 0 Å². The summed E-state index contributed by atoms with van der Waals surface area (Å²) < 4.78 is 0. The topological polar surface area (TPSA) is 3.24 Å². The Morgan fingerprint density at radius 1 is 0.950 bits per heavy atom. The van der Waals surface area contributed by atoms with Gasteiger partial charge in [-0.15, -0.1) is 0 Å². The molecule has 0 spiro atoms. The second-order valence-electron chi connectivity index (χ2n) is 6.69. The van der Waals surface area contributed by atoms with Crippen LogP contribution in [0.15, 0.2) is 24.3 Å². The maximum atomic E-state index is 2.68. The number of hydrogen-bond acceptors (Lipinski definition) is 1. The molecule has 1 fully saturated rings. The Morgan fingerprint density at radius 2 is 1.80 bits per heavy atom. The normalized spacial score (nSPS) is 23.5. The summed E-state index contributed by atoms with van der Waals surface area (Å²) in [7, 11) is 0. The van der Waals surface area contributed by atoms with Crippen LogP contribution in [0.2, 0.25) is 0 Å². The molecule has 1 nitrogen and oxygen atoms in total. The van der Waals surface area contributed by atoms with E-state index in [1.54, 1.807) is 11.1 Å². The summed E-state index contributed by atoms with van der Waals surface area (Å²) in [5.41, 5.74) is 3.29. The van der Waals surface area contributed by atoms with E-state index in [-0.39, 0.29) is 0 Å². The molecule has 0 N–H and O–H groups in total. The third kappa shape index (κ3) is 3.63. The van der Waals surface area contributed by atoms with E-state index in [1.807, 2.05) is 0 Å². The SMILES string of the molecule is c1ccc2c(c1)CCC[C@@H]2CCCCN1CCCCC1. The molecule has 20 heavy (non-hydrogen) atoms. The van der Waals surface area contributed by atoms with Crippen molar-refractivity contribution in [2.45, 2.75) is 63.7 Å². The van der Waals surface area contributed by atoms with Gasteiger partial charge >= 0.3 is 0 Å². The second kappa shape index (κ2) is 7.26. The van der Waals surface area contributed by atoms with Crippen LogP contribution in [0.3, 0.4) is 0 Å². The Bertz CT molecular complexity index is 406. The monoisotopic (exact) mass is 271 g/mol. The maximum absolute atomic E-state index is 2.68. The second-order valence-corrected chi connectivity index (χ2v) is 6.69. The fourth-order valence-corrected chi connectivity index (χ4v) is 4.06. The molecule has 0 bridgehead atoms. The first-order chi connectivity index (χ1) is 9.93. The van der Waals surface area contributed by atoms with Gasteiger partial charge in [0.1, 0.15) is 0 Å². The first-order valence-electron chi connectivity index (χ1n) is 8.73. The molecule has 1 aromatic rings. The van der Waals surface area contributed by atoms with Gasteiger partial charge in [0.15, 0.2) is 0 Å². The minimum Gasteiger partial charge on any atom is -0.303 e. The quantitative estimate of drug-likeness (QED) is 0.698. The van der Waals surface area contributed by atoms with E-state index >= 15 is 0 Å². The van der Waals surface area contributed by atoms with Gasteiger partial charge < -0.3 is 4.90 Å². The predicted octanol–water partition coefficient (Wildman–Crippen LogP) is 4.76. The van der Waals surface area contributed by atoms with Crippen LogP contribution in [0, 0.1) is 0 Å².